The van der Waals surface area contributed by atoms with E-state index in [4.69, 9.17) is 5.73 Å². The van der Waals surface area contributed by atoms with Crippen molar-refractivity contribution < 1.29 is 0 Å². The van der Waals surface area contributed by atoms with E-state index in [2.05, 4.69) is 46.2 Å². The number of nitrogens with zero attached hydrogens (tertiary/aromatic N) is 1. The third-order valence-corrected chi connectivity index (χ3v) is 2.10. The molecule has 4 heteroatoms. The maximum Gasteiger partial charge on any atom is 0.149 e. The van der Waals surface area contributed by atoms with E-state index in [1.165, 1.54) is 5.57 Å². The fourth-order valence-corrected chi connectivity index (χ4v) is 1.30. The molecule has 1 rings (SSSR count). The lowest BCUT2D eigenvalue weighted by atomic mass is 10.3. The van der Waals surface area contributed by atoms with Crippen molar-refractivity contribution in [3.8, 4) is 0 Å². The molecule has 1 aromatic rings. The molecule has 76 valence electrons. The molecule has 3 nitrogen and oxygen atoms in total. The number of hydrogen-bond acceptors (Lipinski definition) is 3. The standard InChI is InChI=1S/C10H14BrN3/c1-7(2)3-4-13-10-9(12)5-8(11)6-14-10/h3,5-6H,4,12H2,1-2H3,(H,13,14). The topological polar surface area (TPSA) is 50.9 Å². The van der Waals surface area contributed by atoms with Crippen LogP contribution in [0.15, 0.2) is 28.4 Å². The molecule has 0 saturated carbocycles. The molecule has 0 saturated heterocycles. The first kappa shape index (κ1) is 11.0. The Morgan fingerprint density at radius 3 is 2.93 bits per heavy atom. The molecule has 1 aromatic heterocycles. The number of nitrogen functional groups attached to an aromatic ring is 1. The molecule has 1 heterocycles. The third-order valence-electron chi connectivity index (χ3n) is 1.66. The number of pyridine rings is 1. The molecule has 3 N–H and O–H groups in total. The number of nitrogens with one attached hydrogen (secondary N) is 1. The normalized spacial score (nSPS) is 9.64. The van der Waals surface area contributed by atoms with E-state index in [0.717, 1.165) is 16.8 Å². The van der Waals surface area contributed by atoms with Gasteiger partial charge in [0, 0.05) is 17.2 Å². The van der Waals surface area contributed by atoms with Crippen molar-refractivity contribution in [2.75, 3.05) is 17.6 Å². The number of halogens is 1. The SMILES string of the molecule is CC(C)=CCNc1ncc(Br)cc1N. The lowest BCUT2D eigenvalue weighted by Gasteiger charge is -2.06. The second kappa shape index (κ2) is 5.00. The van der Waals surface area contributed by atoms with Crippen molar-refractivity contribution in [2.24, 2.45) is 0 Å². The van der Waals surface area contributed by atoms with Gasteiger partial charge in [0.2, 0.25) is 0 Å². The van der Waals surface area contributed by atoms with Gasteiger partial charge in [-0.3, -0.25) is 0 Å². The van der Waals surface area contributed by atoms with Gasteiger partial charge in [0.25, 0.3) is 0 Å². The zero-order valence-corrected chi connectivity index (χ0v) is 9.93. The van der Waals surface area contributed by atoms with Crippen LogP contribution in [0.1, 0.15) is 13.8 Å². The van der Waals surface area contributed by atoms with Gasteiger partial charge in [-0.1, -0.05) is 11.6 Å². The highest BCUT2D eigenvalue weighted by Crippen LogP contribution is 2.19. The Bertz CT molecular complexity index is 343. The lowest BCUT2D eigenvalue weighted by Crippen LogP contribution is -2.04. The zero-order valence-electron chi connectivity index (χ0n) is 8.34. The van der Waals surface area contributed by atoms with Gasteiger partial charge in [0.15, 0.2) is 0 Å². The highest BCUT2D eigenvalue weighted by molar-refractivity contribution is 9.10. The minimum Gasteiger partial charge on any atom is -0.396 e. The van der Waals surface area contributed by atoms with E-state index < -0.39 is 0 Å². The van der Waals surface area contributed by atoms with Crippen molar-refractivity contribution in [1.29, 1.82) is 0 Å². The molecule has 0 spiro atoms. The van der Waals surface area contributed by atoms with Gasteiger partial charge in [-0.2, -0.15) is 0 Å². The van der Waals surface area contributed by atoms with E-state index in [-0.39, 0.29) is 0 Å². The van der Waals surface area contributed by atoms with E-state index in [9.17, 15) is 0 Å². The van der Waals surface area contributed by atoms with Crippen LogP contribution in [0.5, 0.6) is 0 Å². The van der Waals surface area contributed by atoms with Crippen molar-refractivity contribution >= 4 is 27.4 Å². The summed E-state index contributed by atoms with van der Waals surface area (Å²) in [5, 5.41) is 3.14. The van der Waals surface area contributed by atoms with E-state index in [1.54, 1.807) is 6.20 Å². The lowest BCUT2D eigenvalue weighted by molar-refractivity contribution is 1.20. The molecule has 0 aliphatic rings. The van der Waals surface area contributed by atoms with Crippen LogP contribution in [0.4, 0.5) is 11.5 Å². The zero-order chi connectivity index (χ0) is 10.6. The van der Waals surface area contributed by atoms with Crippen molar-refractivity contribution in [3.05, 3.63) is 28.4 Å². The Hall–Kier alpha value is -1.03. The Kier molecular flexibility index (Phi) is 3.95. The number of rotatable bonds is 3. The average Bonchev–Trinajstić information content (AvgIpc) is 2.08. The van der Waals surface area contributed by atoms with E-state index in [1.807, 2.05) is 6.07 Å². The van der Waals surface area contributed by atoms with Crippen LogP contribution < -0.4 is 11.1 Å². The summed E-state index contributed by atoms with van der Waals surface area (Å²) in [6.07, 6.45) is 3.81. The second-order valence-electron chi connectivity index (χ2n) is 3.25. The fraction of sp³-hybridized carbons (Fsp3) is 0.300. The molecule has 0 aliphatic carbocycles. The number of nitrogens with two attached hydrogens (primary N) is 1. The molecule has 0 aromatic carbocycles. The van der Waals surface area contributed by atoms with Crippen LogP contribution in [0, 0.1) is 0 Å². The smallest absolute Gasteiger partial charge is 0.149 e. The molecule has 0 radical (unpaired) electrons. The van der Waals surface area contributed by atoms with Gasteiger partial charge >= 0.3 is 0 Å². The minimum absolute atomic E-state index is 0.654. The molecule has 0 atom stereocenters. The molecule has 0 unspecified atom stereocenters. The van der Waals surface area contributed by atoms with Gasteiger partial charge in [0.1, 0.15) is 5.82 Å². The summed E-state index contributed by atoms with van der Waals surface area (Å²) in [6, 6.07) is 1.83. The Labute approximate surface area is 92.5 Å². The highest BCUT2D eigenvalue weighted by atomic mass is 79.9. The molecular weight excluding hydrogens is 242 g/mol. The largest absolute Gasteiger partial charge is 0.396 e. The first-order valence-corrected chi connectivity index (χ1v) is 5.17. The first-order chi connectivity index (χ1) is 6.59. The molecule has 0 bridgehead atoms. The number of anilines is 2. The fourth-order valence-electron chi connectivity index (χ4n) is 0.954. The third kappa shape index (κ3) is 3.38. The molecule has 0 fully saturated rings. The predicted molar refractivity (Wildman–Crippen MR) is 64.3 cm³/mol. The summed E-state index contributed by atoms with van der Waals surface area (Å²) in [6.45, 7) is 4.86. The van der Waals surface area contributed by atoms with Gasteiger partial charge < -0.3 is 11.1 Å². The quantitative estimate of drug-likeness (QED) is 0.817. The van der Waals surface area contributed by atoms with E-state index in [0.29, 0.717) is 5.69 Å². The van der Waals surface area contributed by atoms with Crippen LogP contribution in [-0.2, 0) is 0 Å². The van der Waals surface area contributed by atoms with Gasteiger partial charge in [-0.25, -0.2) is 4.98 Å². The van der Waals surface area contributed by atoms with Crippen LogP contribution in [-0.4, -0.2) is 11.5 Å². The summed E-state index contributed by atoms with van der Waals surface area (Å²) in [7, 11) is 0. The summed E-state index contributed by atoms with van der Waals surface area (Å²) >= 11 is 3.31. The van der Waals surface area contributed by atoms with Gasteiger partial charge in [0.05, 0.1) is 5.69 Å². The minimum atomic E-state index is 0.654. The molecule has 14 heavy (non-hydrogen) atoms. The molecule has 0 amide bonds. The van der Waals surface area contributed by atoms with Crippen LogP contribution in [0.3, 0.4) is 0 Å². The summed E-state index contributed by atoms with van der Waals surface area (Å²) in [5.41, 5.74) is 7.69. The predicted octanol–water partition coefficient (Wildman–Crippen LogP) is 2.80. The van der Waals surface area contributed by atoms with Crippen molar-refractivity contribution in [3.63, 3.8) is 0 Å². The maximum absolute atomic E-state index is 5.76. The van der Waals surface area contributed by atoms with Gasteiger partial charge in [-0.05, 0) is 35.8 Å². The molecule has 0 aliphatic heterocycles. The summed E-state index contributed by atoms with van der Waals surface area (Å²) < 4.78 is 0.891. The molecular formula is C10H14BrN3. The first-order valence-electron chi connectivity index (χ1n) is 4.38. The van der Waals surface area contributed by atoms with Crippen LogP contribution >= 0.6 is 15.9 Å². The number of allylic oxidation sites excluding steroid dienone is 1. The summed E-state index contributed by atoms with van der Waals surface area (Å²) in [5.74, 6) is 0.728. The Balaban J connectivity index is 2.64. The van der Waals surface area contributed by atoms with Gasteiger partial charge in [-0.15, -0.1) is 0 Å². The average molecular weight is 256 g/mol. The second-order valence-corrected chi connectivity index (χ2v) is 4.17. The maximum atomic E-state index is 5.76. The van der Waals surface area contributed by atoms with E-state index >= 15 is 0 Å². The summed E-state index contributed by atoms with van der Waals surface area (Å²) in [4.78, 5) is 4.16. The van der Waals surface area contributed by atoms with Crippen molar-refractivity contribution in [2.45, 2.75) is 13.8 Å². The van der Waals surface area contributed by atoms with Crippen LogP contribution in [0.2, 0.25) is 0 Å². The number of aromatic nitrogens is 1. The monoisotopic (exact) mass is 255 g/mol. The highest BCUT2D eigenvalue weighted by Gasteiger charge is 1.98. The van der Waals surface area contributed by atoms with Crippen LogP contribution in [0.25, 0.3) is 0 Å². The number of hydrogen-bond donors (Lipinski definition) is 2. The Morgan fingerprint density at radius 1 is 1.64 bits per heavy atom. The Morgan fingerprint density at radius 2 is 2.36 bits per heavy atom. The van der Waals surface area contributed by atoms with Crippen molar-refractivity contribution in [1.82, 2.24) is 4.98 Å².